The number of nitrogens with one attached hydrogen (secondary N) is 1. The number of hydrogen-bond donors (Lipinski definition) is 1. The first-order valence-electron chi connectivity index (χ1n) is 9.20. The average molecular weight is 370 g/mol. The summed E-state index contributed by atoms with van der Waals surface area (Å²) < 4.78 is 1.87. The molecule has 0 aliphatic rings. The maximum absolute atomic E-state index is 6.38. The minimum atomic E-state index is 0.703. The molecular formula is C19H25BClN5. The van der Waals surface area contributed by atoms with Gasteiger partial charge in [0.15, 0.2) is 5.65 Å². The second kappa shape index (κ2) is 8.56. The van der Waals surface area contributed by atoms with Crippen molar-refractivity contribution in [3.63, 3.8) is 0 Å². The van der Waals surface area contributed by atoms with Gasteiger partial charge in [0.25, 0.3) is 0 Å². The number of aromatic nitrogens is 3. The highest BCUT2D eigenvalue weighted by Gasteiger charge is 2.12. The molecule has 0 bridgehead atoms. The molecule has 2 heterocycles. The Kier molecular flexibility index (Phi) is 6.17. The molecule has 136 valence electrons. The maximum atomic E-state index is 6.38. The number of hydrogen-bond acceptors (Lipinski definition) is 4. The van der Waals surface area contributed by atoms with E-state index in [9.17, 15) is 0 Å². The minimum absolute atomic E-state index is 0.703. The minimum Gasteiger partial charge on any atom is -0.370 e. The Labute approximate surface area is 160 Å². The van der Waals surface area contributed by atoms with E-state index in [0.717, 1.165) is 60.8 Å². The largest absolute Gasteiger partial charge is 0.370 e. The summed E-state index contributed by atoms with van der Waals surface area (Å²) in [6.07, 6.45) is 2.92. The fourth-order valence-corrected chi connectivity index (χ4v) is 3.30. The van der Waals surface area contributed by atoms with E-state index in [1.165, 1.54) is 0 Å². The first kappa shape index (κ1) is 18.7. The van der Waals surface area contributed by atoms with Crippen LogP contribution in [-0.4, -0.2) is 53.5 Å². The molecule has 0 radical (unpaired) electrons. The van der Waals surface area contributed by atoms with E-state index < -0.39 is 0 Å². The standard InChI is InChI=1S/C19H25BClN5/c1-3-25(4-2)11-7-10-22-18-12-17(14-8-5-6-9-16(14)21)24-19-15(20)13-23-26(18)19/h5-6,8-9,12-13,22H,3-4,7,10-11,20H2,1-2H3. The highest BCUT2D eigenvalue weighted by atomic mass is 35.5. The van der Waals surface area contributed by atoms with Gasteiger partial charge in [-0.3, -0.25) is 0 Å². The molecule has 0 amide bonds. The van der Waals surface area contributed by atoms with Crippen molar-refractivity contribution >= 4 is 36.4 Å². The third-order valence-corrected chi connectivity index (χ3v) is 4.98. The van der Waals surface area contributed by atoms with Crippen LogP contribution in [0.2, 0.25) is 5.02 Å². The Morgan fingerprint density at radius 1 is 1.23 bits per heavy atom. The lowest BCUT2D eigenvalue weighted by Crippen LogP contribution is -2.25. The van der Waals surface area contributed by atoms with Crippen LogP contribution in [0.25, 0.3) is 16.9 Å². The summed E-state index contributed by atoms with van der Waals surface area (Å²) in [5.74, 6) is 0.942. The zero-order valence-corrected chi connectivity index (χ0v) is 16.4. The molecule has 0 aliphatic heterocycles. The quantitative estimate of drug-likeness (QED) is 0.489. The van der Waals surface area contributed by atoms with E-state index in [1.54, 1.807) is 0 Å². The van der Waals surface area contributed by atoms with E-state index in [2.05, 4.69) is 29.2 Å². The predicted octanol–water partition coefficient (Wildman–Crippen LogP) is 2.45. The van der Waals surface area contributed by atoms with Crippen LogP contribution in [0.3, 0.4) is 0 Å². The SMILES string of the molecule is Bc1cnn2c(NCCCN(CC)CC)cc(-c3ccccc3Cl)nc12. The van der Waals surface area contributed by atoms with E-state index in [0.29, 0.717) is 5.02 Å². The second-order valence-corrected chi connectivity index (χ2v) is 6.78. The summed E-state index contributed by atoms with van der Waals surface area (Å²) in [5, 5.41) is 8.70. The van der Waals surface area contributed by atoms with Crippen LogP contribution in [0, 0.1) is 0 Å². The van der Waals surface area contributed by atoms with E-state index in [4.69, 9.17) is 16.6 Å². The van der Waals surface area contributed by atoms with Crippen LogP contribution < -0.4 is 10.8 Å². The third-order valence-electron chi connectivity index (χ3n) is 4.65. The molecule has 0 atom stereocenters. The fourth-order valence-electron chi connectivity index (χ4n) is 3.06. The van der Waals surface area contributed by atoms with Crippen LogP contribution in [0.5, 0.6) is 0 Å². The van der Waals surface area contributed by atoms with Gasteiger partial charge in [-0.1, -0.05) is 43.6 Å². The molecule has 26 heavy (non-hydrogen) atoms. The Balaban J connectivity index is 1.86. The monoisotopic (exact) mass is 369 g/mol. The number of nitrogens with zero attached hydrogens (tertiary/aromatic N) is 4. The van der Waals surface area contributed by atoms with Crippen LogP contribution in [0.4, 0.5) is 5.82 Å². The van der Waals surface area contributed by atoms with Gasteiger partial charge < -0.3 is 10.2 Å². The summed E-state index contributed by atoms with van der Waals surface area (Å²) in [6.45, 7) is 8.55. The summed E-state index contributed by atoms with van der Waals surface area (Å²) >= 11 is 6.38. The van der Waals surface area contributed by atoms with E-state index >= 15 is 0 Å². The molecule has 5 nitrogen and oxygen atoms in total. The zero-order valence-electron chi connectivity index (χ0n) is 15.7. The summed E-state index contributed by atoms with van der Waals surface area (Å²) in [7, 11) is 2.02. The van der Waals surface area contributed by atoms with Crippen LogP contribution >= 0.6 is 11.6 Å². The van der Waals surface area contributed by atoms with E-state index in [1.807, 2.05) is 48.9 Å². The average Bonchev–Trinajstić information content (AvgIpc) is 3.03. The number of anilines is 1. The van der Waals surface area contributed by atoms with Gasteiger partial charge in [-0.15, -0.1) is 0 Å². The van der Waals surface area contributed by atoms with Gasteiger partial charge in [0.2, 0.25) is 0 Å². The molecule has 0 fully saturated rings. The Morgan fingerprint density at radius 3 is 2.73 bits per heavy atom. The Hall–Kier alpha value is -2.05. The van der Waals surface area contributed by atoms with Crippen molar-refractivity contribution in [2.75, 3.05) is 31.5 Å². The first-order chi connectivity index (χ1) is 12.6. The Bertz CT molecular complexity index is 875. The molecule has 1 N–H and O–H groups in total. The highest BCUT2D eigenvalue weighted by Crippen LogP contribution is 2.28. The zero-order chi connectivity index (χ0) is 18.5. The number of rotatable bonds is 8. The lowest BCUT2D eigenvalue weighted by atomic mass is 10.0. The maximum Gasteiger partial charge on any atom is 0.151 e. The highest BCUT2D eigenvalue weighted by molar-refractivity contribution is 6.36. The third kappa shape index (κ3) is 4.02. The normalized spacial score (nSPS) is 11.4. The van der Waals surface area contributed by atoms with Gasteiger partial charge in [0.1, 0.15) is 13.7 Å². The molecule has 7 heteroatoms. The molecule has 3 aromatic rings. The van der Waals surface area contributed by atoms with Crippen molar-refractivity contribution in [1.29, 1.82) is 0 Å². The van der Waals surface area contributed by atoms with Crippen molar-refractivity contribution in [3.8, 4) is 11.3 Å². The van der Waals surface area contributed by atoms with Gasteiger partial charge in [0.05, 0.1) is 5.69 Å². The Morgan fingerprint density at radius 2 is 2.00 bits per heavy atom. The fraction of sp³-hybridized carbons (Fsp3) is 0.368. The van der Waals surface area contributed by atoms with Crippen LogP contribution in [0.1, 0.15) is 20.3 Å². The lowest BCUT2D eigenvalue weighted by molar-refractivity contribution is 0.303. The molecular weight excluding hydrogens is 345 g/mol. The molecule has 0 aliphatic carbocycles. The molecule has 2 aromatic heterocycles. The second-order valence-electron chi connectivity index (χ2n) is 6.38. The molecule has 1 aromatic carbocycles. The van der Waals surface area contributed by atoms with Gasteiger partial charge in [0, 0.05) is 29.4 Å². The van der Waals surface area contributed by atoms with Gasteiger partial charge in [-0.25, -0.2) is 4.98 Å². The predicted molar refractivity (Wildman–Crippen MR) is 113 cm³/mol. The molecule has 0 saturated carbocycles. The number of halogens is 1. The smallest absolute Gasteiger partial charge is 0.151 e. The molecule has 0 unspecified atom stereocenters. The number of benzene rings is 1. The summed E-state index contributed by atoms with van der Waals surface area (Å²) in [6, 6.07) is 9.83. The molecule has 3 rings (SSSR count). The molecule has 0 saturated heterocycles. The van der Waals surface area contributed by atoms with Crippen LogP contribution in [0.15, 0.2) is 36.5 Å². The van der Waals surface area contributed by atoms with Gasteiger partial charge >= 0.3 is 0 Å². The van der Waals surface area contributed by atoms with Crippen molar-refractivity contribution < 1.29 is 0 Å². The summed E-state index contributed by atoms with van der Waals surface area (Å²) in [5.41, 5.74) is 3.69. The topological polar surface area (TPSA) is 45.5 Å². The van der Waals surface area contributed by atoms with Crippen molar-refractivity contribution in [3.05, 3.63) is 41.6 Å². The van der Waals surface area contributed by atoms with Crippen molar-refractivity contribution in [1.82, 2.24) is 19.5 Å². The number of fused-ring (bicyclic) bond motifs is 1. The first-order valence-corrected chi connectivity index (χ1v) is 9.58. The van der Waals surface area contributed by atoms with Gasteiger partial charge in [-0.2, -0.15) is 9.61 Å². The van der Waals surface area contributed by atoms with Crippen molar-refractivity contribution in [2.24, 2.45) is 0 Å². The lowest BCUT2D eigenvalue weighted by Gasteiger charge is -2.18. The van der Waals surface area contributed by atoms with Crippen LogP contribution in [-0.2, 0) is 0 Å². The molecule has 0 spiro atoms. The van der Waals surface area contributed by atoms with Crippen molar-refractivity contribution in [2.45, 2.75) is 20.3 Å². The summed E-state index contributed by atoms with van der Waals surface area (Å²) in [4.78, 5) is 7.20. The van der Waals surface area contributed by atoms with E-state index in [-0.39, 0.29) is 0 Å². The van der Waals surface area contributed by atoms with Gasteiger partial charge in [-0.05, 0) is 37.6 Å².